The van der Waals surface area contributed by atoms with Gasteiger partial charge in [-0.25, -0.2) is 12.2 Å². The molecule has 8 rings (SSSR count). The molecule has 7 aliphatic rings. The van der Waals surface area contributed by atoms with Gasteiger partial charge >= 0.3 is 114 Å². The summed E-state index contributed by atoms with van der Waals surface area (Å²) in [5.41, 5.74) is 3.22. The van der Waals surface area contributed by atoms with Crippen molar-refractivity contribution in [2.75, 3.05) is 0 Å². The van der Waals surface area contributed by atoms with E-state index in [1.807, 2.05) is 12.2 Å². The van der Waals surface area contributed by atoms with Crippen LogP contribution < -0.4 is 24.8 Å². The summed E-state index contributed by atoms with van der Waals surface area (Å²) < 4.78 is 1.75. The van der Waals surface area contributed by atoms with E-state index in [4.69, 9.17) is 0 Å². The SMILES string of the molecule is CC1=CC=CC2[CH-]C3(C)C4(C)C=CC=CC4(C)C4(C)C=CC=CC4(C)C3(C)C12C.[C-]1=CC=CC1.[Cl-].[Cl-].[Zr+2]=[C](Cc1ccccc1)CC1CCCCC1. The number of halogens is 2. The van der Waals surface area contributed by atoms with Crippen LogP contribution in [-0.2, 0) is 30.7 Å². The average molecular weight is 813 g/mol. The van der Waals surface area contributed by atoms with Crippen LogP contribution in [0.3, 0.4) is 0 Å². The van der Waals surface area contributed by atoms with Crippen LogP contribution >= 0.6 is 0 Å². The van der Waals surface area contributed by atoms with Crippen LogP contribution in [0.25, 0.3) is 0 Å². The van der Waals surface area contributed by atoms with Crippen molar-refractivity contribution < 1.29 is 49.0 Å². The van der Waals surface area contributed by atoms with Gasteiger partial charge in [-0.1, -0.05) is 115 Å². The summed E-state index contributed by atoms with van der Waals surface area (Å²) in [7, 11) is 0. The van der Waals surface area contributed by atoms with Crippen LogP contribution in [0.4, 0.5) is 0 Å². The van der Waals surface area contributed by atoms with Gasteiger partial charge in [0, 0.05) is 10.8 Å². The third kappa shape index (κ3) is 6.32. The van der Waals surface area contributed by atoms with Gasteiger partial charge in [0.1, 0.15) is 0 Å². The molecule has 1 aromatic rings. The van der Waals surface area contributed by atoms with Crippen LogP contribution in [0.15, 0.2) is 121 Å². The Kier molecular flexibility index (Phi) is 13.5. The first-order valence-electron chi connectivity index (χ1n) is 19.5. The normalized spacial score (nSPS) is 40.0. The molecule has 52 heavy (non-hydrogen) atoms. The van der Waals surface area contributed by atoms with Gasteiger partial charge in [-0.2, -0.15) is 6.08 Å². The fourth-order valence-electron chi connectivity index (χ4n) is 12.2. The molecule has 0 aliphatic heterocycles. The first-order chi connectivity index (χ1) is 23.7. The molecule has 0 nitrogen and oxygen atoms in total. The Morgan fingerprint density at radius 2 is 1.33 bits per heavy atom. The number of hydrogen-bond acceptors (Lipinski definition) is 0. The van der Waals surface area contributed by atoms with E-state index >= 15 is 0 Å². The monoisotopic (exact) mass is 810 g/mol. The summed E-state index contributed by atoms with van der Waals surface area (Å²) in [5, 5.41) is 0. The van der Waals surface area contributed by atoms with E-state index in [2.05, 4.69) is 171 Å². The number of allylic oxidation sites excluding steroid dienone is 16. The van der Waals surface area contributed by atoms with Crippen molar-refractivity contribution in [1.82, 2.24) is 0 Å². The summed E-state index contributed by atoms with van der Waals surface area (Å²) in [6.07, 6.45) is 49.2. The Bertz CT molecular complexity index is 1670. The maximum atomic E-state index is 2.99. The van der Waals surface area contributed by atoms with Gasteiger partial charge in [-0.05, 0) is 28.6 Å². The van der Waals surface area contributed by atoms with E-state index in [9.17, 15) is 0 Å². The Labute approximate surface area is 345 Å². The van der Waals surface area contributed by atoms with Crippen LogP contribution in [-0.4, -0.2) is 3.21 Å². The molecule has 7 aliphatic carbocycles. The van der Waals surface area contributed by atoms with E-state index in [0.717, 1.165) is 12.3 Å². The van der Waals surface area contributed by atoms with Crippen LogP contribution in [0.5, 0.6) is 0 Å². The molecule has 8 atom stereocenters. The molecule has 8 unspecified atom stereocenters. The molecule has 3 saturated carbocycles. The third-order valence-corrected chi connectivity index (χ3v) is 17.1. The number of fused-ring (bicyclic) bond motifs is 8. The van der Waals surface area contributed by atoms with Crippen LogP contribution in [0, 0.1) is 62.2 Å². The second-order valence-corrected chi connectivity index (χ2v) is 19.4. The van der Waals surface area contributed by atoms with E-state index in [-0.39, 0.29) is 62.7 Å². The van der Waals surface area contributed by atoms with Gasteiger partial charge in [-0.15, -0.1) is 23.8 Å². The van der Waals surface area contributed by atoms with Gasteiger partial charge in [0.2, 0.25) is 0 Å². The second kappa shape index (κ2) is 16.3. The molecule has 0 aromatic heterocycles. The summed E-state index contributed by atoms with van der Waals surface area (Å²) in [4.78, 5) is 0. The standard InChI is InChI=1S/C29H37.C15H20.C5H5.2ClH.Zr/c1-21-14-13-15-22-20-27(6)25(4)18-10-9-16-23(25,2)24(3)17-11-12-19-26(24,5)29(27,8)28(21,22)7;1-3-8-14(9-4-1)12-7-13-15-10-5-2-6-11-15;1-2-4-5-3-1;;;/h9-20,22H,1-8H3;1,3-4,8-9,15H,2,5-6,10-13H2;1-3H,4H2;2*1H;/q-1;;-1;;;+2/p-2. The Hall–Kier alpha value is -1.53. The minimum atomic E-state index is 0. The average Bonchev–Trinajstić information content (AvgIpc) is 3.75. The number of hydrogen-bond donors (Lipinski definition) is 0. The first-order valence-corrected chi connectivity index (χ1v) is 20.7. The van der Waals surface area contributed by atoms with Crippen molar-refractivity contribution in [1.29, 1.82) is 0 Å². The Balaban J connectivity index is 0.000000221. The third-order valence-electron chi connectivity index (χ3n) is 16.1. The zero-order chi connectivity index (χ0) is 35.9. The Morgan fingerprint density at radius 3 is 1.88 bits per heavy atom. The molecule has 3 fully saturated rings. The van der Waals surface area contributed by atoms with Crippen LogP contribution in [0.2, 0.25) is 0 Å². The molecule has 0 heterocycles. The van der Waals surface area contributed by atoms with Crippen molar-refractivity contribution in [2.45, 2.75) is 107 Å². The summed E-state index contributed by atoms with van der Waals surface area (Å²) in [6, 6.07) is 10.9. The molecule has 3 heteroatoms. The van der Waals surface area contributed by atoms with Crippen LogP contribution in [0.1, 0.15) is 106 Å². The number of rotatable bonds is 4. The molecule has 0 spiro atoms. The topological polar surface area (TPSA) is 0 Å². The van der Waals surface area contributed by atoms with Gasteiger partial charge in [0.15, 0.2) is 0 Å². The second-order valence-electron chi connectivity index (χ2n) is 17.7. The predicted octanol–water partition coefficient (Wildman–Crippen LogP) is 6.88. The molecular formula is C49H62Cl2Zr-2. The van der Waals surface area contributed by atoms with Crippen molar-refractivity contribution in [3.8, 4) is 0 Å². The molecular weight excluding hydrogens is 751 g/mol. The minimum absolute atomic E-state index is 0. The Morgan fingerprint density at radius 1 is 0.750 bits per heavy atom. The van der Waals surface area contributed by atoms with Gasteiger partial charge in [0.25, 0.3) is 0 Å². The maximum absolute atomic E-state index is 2.99. The molecule has 278 valence electrons. The molecule has 1 aromatic carbocycles. The first kappa shape index (κ1) is 43.2. The van der Waals surface area contributed by atoms with E-state index in [0.29, 0.717) is 5.92 Å². The van der Waals surface area contributed by atoms with E-state index < -0.39 is 0 Å². The van der Waals surface area contributed by atoms with Crippen molar-refractivity contribution in [2.24, 2.45) is 49.7 Å². The van der Waals surface area contributed by atoms with Crippen molar-refractivity contribution in [3.63, 3.8) is 0 Å². The van der Waals surface area contributed by atoms with E-state index in [1.54, 1.807) is 27.4 Å². The van der Waals surface area contributed by atoms with E-state index in [1.165, 1.54) is 56.1 Å². The molecule has 0 bridgehead atoms. The molecule has 0 radical (unpaired) electrons. The number of benzene rings is 1. The fraction of sp³-hybridized carbons (Fsp3) is 0.510. The fourth-order valence-corrected chi connectivity index (χ4v) is 13.4. The summed E-state index contributed by atoms with van der Waals surface area (Å²) >= 11 is 1.65. The van der Waals surface area contributed by atoms with Crippen molar-refractivity contribution >= 4 is 3.21 Å². The molecule has 0 amide bonds. The van der Waals surface area contributed by atoms with Gasteiger partial charge in [0.05, 0.1) is 0 Å². The summed E-state index contributed by atoms with van der Waals surface area (Å²) in [6.45, 7) is 20.3. The quantitative estimate of drug-likeness (QED) is 0.292. The molecule has 0 saturated heterocycles. The zero-order valence-electron chi connectivity index (χ0n) is 33.1. The predicted molar refractivity (Wildman–Crippen MR) is 212 cm³/mol. The molecule has 0 N–H and O–H groups in total. The zero-order valence-corrected chi connectivity index (χ0v) is 37.1. The van der Waals surface area contributed by atoms with Gasteiger partial charge < -0.3 is 31.2 Å². The van der Waals surface area contributed by atoms with Crippen molar-refractivity contribution in [3.05, 3.63) is 139 Å². The summed E-state index contributed by atoms with van der Waals surface area (Å²) in [5.74, 6) is 1.47. The van der Waals surface area contributed by atoms with Gasteiger partial charge in [-0.3, -0.25) is 6.08 Å².